The van der Waals surface area contributed by atoms with Crippen LogP contribution in [0.2, 0.25) is 0 Å². The zero-order valence-electron chi connectivity index (χ0n) is 12.7. The Bertz CT molecular complexity index is 781. The molecule has 22 heavy (non-hydrogen) atoms. The van der Waals surface area contributed by atoms with Crippen molar-refractivity contribution in [2.24, 2.45) is 5.41 Å². The highest BCUT2D eigenvalue weighted by Gasteiger charge is 2.36. The number of hydrogen-bond donors (Lipinski definition) is 2. The molecule has 118 valence electrons. The predicted molar refractivity (Wildman–Crippen MR) is 78.7 cm³/mol. The largest absolute Gasteiger partial charge is 0.382 e. The molecular formula is C13H18N6O3. The Labute approximate surface area is 126 Å². The van der Waals surface area contributed by atoms with Crippen LogP contribution in [0.25, 0.3) is 11.2 Å². The second kappa shape index (κ2) is 4.80. The number of hydroxylamine groups is 2. The first-order valence-corrected chi connectivity index (χ1v) is 6.95. The van der Waals surface area contributed by atoms with Crippen molar-refractivity contribution in [2.45, 2.75) is 26.8 Å². The molecule has 1 saturated heterocycles. The lowest BCUT2D eigenvalue weighted by Gasteiger charge is -2.38. The summed E-state index contributed by atoms with van der Waals surface area (Å²) in [7, 11) is 0. The van der Waals surface area contributed by atoms with Crippen LogP contribution in [0.5, 0.6) is 0 Å². The van der Waals surface area contributed by atoms with E-state index in [1.807, 2.05) is 0 Å². The quantitative estimate of drug-likeness (QED) is 0.805. The van der Waals surface area contributed by atoms with Gasteiger partial charge in [0.15, 0.2) is 11.5 Å². The SMILES string of the molecule is CC(C)(C)C(=O)ON1CC(n2c(=O)[nH]c3c(N)ncnc32)C1. The van der Waals surface area contributed by atoms with E-state index in [0.717, 1.165) is 0 Å². The third-order valence-electron chi connectivity index (χ3n) is 3.55. The number of imidazole rings is 1. The van der Waals surface area contributed by atoms with E-state index in [9.17, 15) is 9.59 Å². The van der Waals surface area contributed by atoms with Gasteiger partial charge in [-0.2, -0.15) is 0 Å². The van der Waals surface area contributed by atoms with E-state index in [2.05, 4.69) is 15.0 Å². The Hall–Kier alpha value is -2.42. The number of aromatic nitrogens is 4. The van der Waals surface area contributed by atoms with Crippen LogP contribution >= 0.6 is 0 Å². The van der Waals surface area contributed by atoms with Crippen LogP contribution in [0.1, 0.15) is 26.8 Å². The number of carbonyl (C=O) groups excluding carboxylic acids is 1. The van der Waals surface area contributed by atoms with Gasteiger partial charge in [0.2, 0.25) is 0 Å². The molecule has 1 aliphatic heterocycles. The number of carbonyl (C=O) groups is 1. The van der Waals surface area contributed by atoms with Crippen molar-refractivity contribution in [3.8, 4) is 0 Å². The molecule has 9 nitrogen and oxygen atoms in total. The summed E-state index contributed by atoms with van der Waals surface area (Å²) < 4.78 is 1.52. The number of nitrogens with zero attached hydrogens (tertiary/aromatic N) is 4. The molecule has 0 aromatic carbocycles. The first kappa shape index (κ1) is 14.5. The van der Waals surface area contributed by atoms with Crippen molar-refractivity contribution in [3.05, 3.63) is 16.8 Å². The summed E-state index contributed by atoms with van der Waals surface area (Å²) in [5.41, 5.74) is 5.75. The number of rotatable bonds is 2. The molecule has 0 saturated carbocycles. The van der Waals surface area contributed by atoms with Gasteiger partial charge in [0, 0.05) is 0 Å². The molecule has 1 fully saturated rings. The Balaban J connectivity index is 1.77. The number of aromatic amines is 1. The number of nitrogens with two attached hydrogens (primary N) is 1. The number of fused-ring (bicyclic) bond motifs is 1. The van der Waals surface area contributed by atoms with Crippen LogP contribution in [0, 0.1) is 5.41 Å². The highest BCUT2D eigenvalue weighted by Crippen LogP contribution is 2.26. The first-order chi connectivity index (χ1) is 10.3. The van der Waals surface area contributed by atoms with E-state index in [1.54, 1.807) is 20.8 Å². The minimum atomic E-state index is -0.565. The Morgan fingerprint density at radius 2 is 2.09 bits per heavy atom. The minimum Gasteiger partial charge on any atom is -0.382 e. The molecule has 0 spiro atoms. The number of H-pyrrole nitrogens is 1. The summed E-state index contributed by atoms with van der Waals surface area (Å²) in [5.74, 6) is -0.0695. The topological polar surface area (TPSA) is 119 Å². The van der Waals surface area contributed by atoms with Crippen LogP contribution in [0.3, 0.4) is 0 Å². The van der Waals surface area contributed by atoms with Crippen LogP contribution in [0.4, 0.5) is 5.82 Å². The summed E-state index contributed by atoms with van der Waals surface area (Å²) in [6.07, 6.45) is 1.32. The van der Waals surface area contributed by atoms with E-state index >= 15 is 0 Å². The molecule has 3 heterocycles. The van der Waals surface area contributed by atoms with Gasteiger partial charge in [-0.25, -0.2) is 19.6 Å². The number of nitrogen functional groups attached to an aromatic ring is 1. The normalized spacial score (nSPS) is 16.7. The Morgan fingerprint density at radius 1 is 1.41 bits per heavy atom. The van der Waals surface area contributed by atoms with Crippen LogP contribution < -0.4 is 11.4 Å². The van der Waals surface area contributed by atoms with Gasteiger partial charge in [-0.3, -0.25) is 4.57 Å². The fraction of sp³-hybridized carbons (Fsp3) is 0.538. The van der Waals surface area contributed by atoms with Crippen LogP contribution in [-0.2, 0) is 9.63 Å². The van der Waals surface area contributed by atoms with Crippen molar-refractivity contribution in [2.75, 3.05) is 18.8 Å². The summed E-state index contributed by atoms with van der Waals surface area (Å²) in [5, 5.41) is 1.54. The maximum absolute atomic E-state index is 12.1. The van der Waals surface area contributed by atoms with Crippen LogP contribution in [0.15, 0.2) is 11.1 Å². The number of hydrogen-bond acceptors (Lipinski definition) is 7. The van der Waals surface area contributed by atoms with Gasteiger partial charge < -0.3 is 15.6 Å². The molecule has 9 heteroatoms. The molecule has 0 radical (unpaired) electrons. The molecule has 2 aromatic heterocycles. The minimum absolute atomic E-state index is 0.122. The van der Waals surface area contributed by atoms with Gasteiger partial charge in [-0.1, -0.05) is 0 Å². The van der Waals surface area contributed by atoms with Crippen molar-refractivity contribution in [1.29, 1.82) is 0 Å². The molecule has 0 aliphatic carbocycles. The molecule has 3 rings (SSSR count). The zero-order chi connectivity index (χ0) is 16.1. The molecular weight excluding hydrogens is 288 g/mol. The van der Waals surface area contributed by atoms with Crippen molar-refractivity contribution in [1.82, 2.24) is 24.6 Å². The molecule has 2 aromatic rings. The first-order valence-electron chi connectivity index (χ1n) is 6.95. The fourth-order valence-corrected chi connectivity index (χ4v) is 2.20. The smallest absolute Gasteiger partial charge is 0.330 e. The summed E-state index contributed by atoms with van der Waals surface area (Å²) >= 11 is 0. The van der Waals surface area contributed by atoms with Crippen molar-refractivity contribution in [3.63, 3.8) is 0 Å². The maximum atomic E-state index is 12.1. The molecule has 0 bridgehead atoms. The second-order valence-electron chi connectivity index (χ2n) is 6.39. The summed E-state index contributed by atoms with van der Waals surface area (Å²) in [4.78, 5) is 39.8. The van der Waals surface area contributed by atoms with Gasteiger partial charge in [0.1, 0.15) is 11.8 Å². The molecule has 3 N–H and O–H groups in total. The highest BCUT2D eigenvalue weighted by atomic mass is 16.7. The lowest BCUT2D eigenvalue weighted by molar-refractivity contribution is -0.225. The lowest BCUT2D eigenvalue weighted by Crippen LogP contribution is -2.51. The zero-order valence-corrected chi connectivity index (χ0v) is 12.7. The van der Waals surface area contributed by atoms with E-state index in [1.165, 1.54) is 16.0 Å². The molecule has 0 unspecified atom stereocenters. The monoisotopic (exact) mass is 306 g/mol. The van der Waals surface area contributed by atoms with E-state index < -0.39 is 5.41 Å². The van der Waals surface area contributed by atoms with E-state index in [4.69, 9.17) is 10.6 Å². The lowest BCUT2D eigenvalue weighted by atomic mass is 9.98. The highest BCUT2D eigenvalue weighted by molar-refractivity contribution is 5.81. The third kappa shape index (κ3) is 2.33. The Kier molecular flexibility index (Phi) is 3.17. The van der Waals surface area contributed by atoms with Gasteiger partial charge in [-0.05, 0) is 20.8 Å². The van der Waals surface area contributed by atoms with Crippen molar-refractivity contribution >= 4 is 23.0 Å². The average Bonchev–Trinajstić information content (AvgIpc) is 2.70. The van der Waals surface area contributed by atoms with Gasteiger partial charge >= 0.3 is 11.7 Å². The van der Waals surface area contributed by atoms with Crippen molar-refractivity contribution < 1.29 is 9.63 Å². The number of anilines is 1. The van der Waals surface area contributed by atoms with E-state index in [-0.39, 0.29) is 23.5 Å². The molecule has 1 aliphatic rings. The maximum Gasteiger partial charge on any atom is 0.330 e. The molecule has 0 atom stereocenters. The van der Waals surface area contributed by atoms with Crippen LogP contribution in [-0.4, -0.2) is 43.6 Å². The molecule has 0 amide bonds. The van der Waals surface area contributed by atoms with Gasteiger partial charge in [0.05, 0.1) is 24.5 Å². The third-order valence-corrected chi connectivity index (χ3v) is 3.55. The fourth-order valence-electron chi connectivity index (χ4n) is 2.20. The standard InChI is InChI=1S/C13H18N6O3/c1-13(2,3)11(20)22-18-4-7(5-18)19-10-8(17-12(19)21)9(14)15-6-16-10/h6-7H,4-5H2,1-3H3,(H,17,21)(H2,14,15,16). The summed E-state index contributed by atoms with van der Waals surface area (Å²) in [6.45, 7) is 6.22. The predicted octanol–water partition coefficient (Wildman–Crippen LogP) is 0.0628. The van der Waals surface area contributed by atoms with E-state index in [0.29, 0.717) is 24.3 Å². The Morgan fingerprint density at radius 3 is 2.73 bits per heavy atom. The second-order valence-corrected chi connectivity index (χ2v) is 6.39. The number of nitrogens with one attached hydrogen (secondary N) is 1. The van der Waals surface area contributed by atoms with Gasteiger partial charge in [-0.15, -0.1) is 5.06 Å². The average molecular weight is 306 g/mol. The van der Waals surface area contributed by atoms with Gasteiger partial charge in [0.25, 0.3) is 0 Å². The summed E-state index contributed by atoms with van der Waals surface area (Å²) in [6, 6.07) is -0.122.